The van der Waals surface area contributed by atoms with Crippen molar-refractivity contribution in [2.24, 2.45) is 5.92 Å². The summed E-state index contributed by atoms with van der Waals surface area (Å²) in [5.74, 6) is 0.0614. The number of aromatic nitrogens is 2. The number of carbonyl (C=O) groups excluding carboxylic acids is 1. The van der Waals surface area contributed by atoms with Crippen molar-refractivity contribution in [3.8, 4) is 0 Å². The average Bonchev–Trinajstić information content (AvgIpc) is 3.26. The number of H-pyrrole nitrogens is 1. The lowest BCUT2D eigenvalue weighted by molar-refractivity contribution is -0.134. The predicted molar refractivity (Wildman–Crippen MR) is 115 cm³/mol. The second-order valence-corrected chi connectivity index (χ2v) is 11.1. The van der Waals surface area contributed by atoms with Crippen molar-refractivity contribution < 1.29 is 17.1 Å². The van der Waals surface area contributed by atoms with E-state index in [0.717, 1.165) is 14.8 Å². The van der Waals surface area contributed by atoms with Crippen molar-refractivity contribution in [3.63, 3.8) is 0 Å². The van der Waals surface area contributed by atoms with Crippen LogP contribution in [0.5, 0.6) is 0 Å². The molecule has 0 atom stereocenters. The molecular formula is C19H26FN5O3S2. The van der Waals surface area contributed by atoms with Gasteiger partial charge in [-0.25, -0.2) is 8.42 Å². The Hall–Kier alpha value is -1.85. The molecule has 2 heterocycles. The third-order valence-electron chi connectivity index (χ3n) is 5.93. The van der Waals surface area contributed by atoms with Gasteiger partial charge in [-0.1, -0.05) is 13.8 Å². The van der Waals surface area contributed by atoms with Gasteiger partial charge in [-0.3, -0.25) is 9.89 Å². The predicted octanol–water partition coefficient (Wildman–Crippen LogP) is 2.94. The molecule has 11 heteroatoms. The molecule has 1 amide bonds. The summed E-state index contributed by atoms with van der Waals surface area (Å²) < 4.78 is 41.0. The number of benzene rings is 1. The minimum Gasteiger partial charge on any atom is -0.367 e. The molecule has 0 unspecified atom stereocenters. The van der Waals surface area contributed by atoms with Gasteiger partial charge in [0.25, 0.3) is 10.0 Å². The van der Waals surface area contributed by atoms with Gasteiger partial charge < -0.3 is 9.80 Å². The van der Waals surface area contributed by atoms with Crippen LogP contribution in [0.15, 0.2) is 23.2 Å². The standard InChI is InChI=1S/C19H26FN5O3S2/c1-13(2)18(26)24-8-6-23(7-9-24)17-11-14(10-16-15(17)12-21-22-16)30(27,28)25(29-20)19(3)4-5-19/h10-13H,4-9H2,1-3H3,(H,21,22). The number of carbonyl (C=O) groups is 1. The van der Waals surface area contributed by atoms with Gasteiger partial charge in [-0.2, -0.15) is 5.10 Å². The first-order chi connectivity index (χ1) is 14.2. The Balaban J connectivity index is 1.67. The summed E-state index contributed by atoms with van der Waals surface area (Å²) in [5.41, 5.74) is 0.613. The van der Waals surface area contributed by atoms with Crippen molar-refractivity contribution in [3.05, 3.63) is 18.3 Å². The normalized spacial score (nSPS) is 19.1. The van der Waals surface area contributed by atoms with Gasteiger partial charge >= 0.3 is 0 Å². The van der Waals surface area contributed by atoms with Gasteiger partial charge in [0.05, 0.1) is 16.6 Å². The SMILES string of the molecule is CC(C)C(=O)N1CCN(c2cc(S(=O)(=O)N(SF)C3(C)CC3)cc3[nH]ncc23)CC1. The van der Waals surface area contributed by atoms with Crippen LogP contribution in [-0.4, -0.2) is 64.9 Å². The molecular weight excluding hydrogens is 429 g/mol. The first-order valence-electron chi connectivity index (χ1n) is 10.0. The molecule has 1 aliphatic heterocycles. The summed E-state index contributed by atoms with van der Waals surface area (Å²) in [6, 6.07) is 3.11. The van der Waals surface area contributed by atoms with E-state index in [-0.39, 0.29) is 29.1 Å². The van der Waals surface area contributed by atoms with E-state index in [4.69, 9.17) is 0 Å². The maximum absolute atomic E-state index is 13.7. The second kappa shape index (κ2) is 7.69. The summed E-state index contributed by atoms with van der Waals surface area (Å²) in [6.45, 7) is 7.82. The summed E-state index contributed by atoms with van der Waals surface area (Å²) >= 11 is -0.242. The Morgan fingerprint density at radius 3 is 2.50 bits per heavy atom. The first-order valence-corrected chi connectivity index (χ1v) is 12.1. The van der Waals surface area contributed by atoms with Crippen molar-refractivity contribution in [2.45, 2.75) is 44.0 Å². The first kappa shape index (κ1) is 21.4. The topological polar surface area (TPSA) is 89.6 Å². The zero-order chi connectivity index (χ0) is 21.7. The van der Waals surface area contributed by atoms with Crippen LogP contribution in [-0.2, 0) is 14.8 Å². The molecule has 1 aliphatic carbocycles. The van der Waals surface area contributed by atoms with Gasteiger partial charge in [0, 0.05) is 48.7 Å². The minimum atomic E-state index is -4.03. The Morgan fingerprint density at radius 2 is 1.93 bits per heavy atom. The van der Waals surface area contributed by atoms with Gasteiger partial charge in [-0.15, -0.1) is 7.60 Å². The highest BCUT2D eigenvalue weighted by Gasteiger charge is 2.51. The lowest BCUT2D eigenvalue weighted by Crippen LogP contribution is -2.50. The maximum Gasteiger partial charge on any atom is 0.254 e. The van der Waals surface area contributed by atoms with Crippen molar-refractivity contribution in [1.82, 2.24) is 18.8 Å². The van der Waals surface area contributed by atoms with E-state index in [1.807, 2.05) is 18.7 Å². The van der Waals surface area contributed by atoms with Crippen LogP contribution in [0.25, 0.3) is 10.9 Å². The molecule has 30 heavy (non-hydrogen) atoms. The Labute approximate surface area is 180 Å². The number of hydrogen-bond donors (Lipinski definition) is 1. The van der Waals surface area contributed by atoms with Gasteiger partial charge in [0.2, 0.25) is 5.91 Å². The van der Waals surface area contributed by atoms with Gasteiger partial charge in [0.1, 0.15) is 12.3 Å². The van der Waals surface area contributed by atoms with Crippen molar-refractivity contribution in [1.29, 1.82) is 0 Å². The number of aromatic amines is 1. The van der Waals surface area contributed by atoms with E-state index in [1.54, 1.807) is 19.2 Å². The summed E-state index contributed by atoms with van der Waals surface area (Å²) in [5, 5.41) is 7.71. The molecule has 8 nitrogen and oxygen atoms in total. The summed E-state index contributed by atoms with van der Waals surface area (Å²) in [6.07, 6.45) is 2.93. The highest BCUT2D eigenvalue weighted by atomic mass is 32.3. The van der Waals surface area contributed by atoms with Crippen LogP contribution in [0.4, 0.5) is 9.57 Å². The van der Waals surface area contributed by atoms with Crippen molar-refractivity contribution in [2.75, 3.05) is 31.1 Å². The van der Waals surface area contributed by atoms with Crippen LogP contribution in [0.1, 0.15) is 33.6 Å². The fraction of sp³-hybridized carbons (Fsp3) is 0.579. The van der Waals surface area contributed by atoms with Crippen LogP contribution < -0.4 is 4.90 Å². The van der Waals surface area contributed by atoms with E-state index in [0.29, 0.717) is 44.5 Å². The quantitative estimate of drug-likeness (QED) is 0.674. The molecule has 0 bridgehead atoms. The molecule has 0 radical (unpaired) electrons. The summed E-state index contributed by atoms with van der Waals surface area (Å²) in [4.78, 5) is 16.2. The zero-order valence-electron chi connectivity index (χ0n) is 17.3. The third kappa shape index (κ3) is 3.67. The molecule has 2 aromatic rings. The second-order valence-electron chi connectivity index (χ2n) is 8.54. The van der Waals surface area contributed by atoms with Crippen LogP contribution in [0.3, 0.4) is 0 Å². The number of piperazine rings is 1. The maximum atomic E-state index is 13.7. The number of nitrogens with one attached hydrogen (secondary N) is 1. The molecule has 1 aromatic carbocycles. The molecule has 1 aromatic heterocycles. The molecule has 1 saturated carbocycles. The van der Waals surface area contributed by atoms with E-state index in [1.165, 1.54) is 6.07 Å². The number of sulfonamides is 1. The largest absolute Gasteiger partial charge is 0.367 e. The lowest BCUT2D eigenvalue weighted by Gasteiger charge is -2.37. The number of halogens is 1. The monoisotopic (exact) mass is 455 g/mol. The number of anilines is 1. The van der Waals surface area contributed by atoms with E-state index >= 15 is 0 Å². The van der Waals surface area contributed by atoms with Crippen LogP contribution in [0, 0.1) is 5.92 Å². The number of rotatable bonds is 6. The molecule has 0 spiro atoms. The highest BCUT2D eigenvalue weighted by Crippen LogP contribution is 2.48. The number of hydrogen-bond acceptors (Lipinski definition) is 6. The molecule has 2 fully saturated rings. The van der Waals surface area contributed by atoms with E-state index in [9.17, 15) is 17.1 Å². The lowest BCUT2D eigenvalue weighted by atomic mass is 10.1. The number of amides is 1. The molecule has 2 aliphatic rings. The Bertz CT molecular complexity index is 1060. The zero-order valence-corrected chi connectivity index (χ0v) is 18.9. The van der Waals surface area contributed by atoms with Crippen LogP contribution >= 0.6 is 12.3 Å². The number of fused-ring (bicyclic) bond motifs is 1. The van der Waals surface area contributed by atoms with Crippen LogP contribution in [0.2, 0.25) is 0 Å². The fourth-order valence-corrected chi connectivity index (χ4v) is 6.21. The Morgan fingerprint density at radius 1 is 1.27 bits per heavy atom. The van der Waals surface area contributed by atoms with Gasteiger partial charge in [-0.05, 0) is 31.9 Å². The molecule has 164 valence electrons. The van der Waals surface area contributed by atoms with E-state index < -0.39 is 15.6 Å². The third-order valence-corrected chi connectivity index (χ3v) is 8.96. The molecule has 4 rings (SSSR count). The average molecular weight is 456 g/mol. The summed E-state index contributed by atoms with van der Waals surface area (Å²) in [7, 11) is -4.03. The van der Waals surface area contributed by atoms with Gasteiger partial charge in [0.15, 0.2) is 0 Å². The fourth-order valence-electron chi connectivity index (χ4n) is 3.82. The Kier molecular flexibility index (Phi) is 5.48. The van der Waals surface area contributed by atoms with Crippen molar-refractivity contribution >= 4 is 44.9 Å². The highest BCUT2D eigenvalue weighted by molar-refractivity contribution is 8.05. The molecule has 1 N–H and O–H groups in total. The number of nitrogens with zero attached hydrogens (tertiary/aromatic N) is 4. The molecule has 1 saturated heterocycles. The smallest absolute Gasteiger partial charge is 0.254 e. The van der Waals surface area contributed by atoms with E-state index in [2.05, 4.69) is 15.1 Å². The minimum absolute atomic E-state index is 0.0354.